The molecular weight excluding hydrogens is 124 g/mol. The van der Waals surface area contributed by atoms with Gasteiger partial charge in [-0.2, -0.15) is 0 Å². The quantitative estimate of drug-likeness (QED) is 0.501. The van der Waals surface area contributed by atoms with Crippen molar-refractivity contribution in [1.82, 2.24) is 0 Å². The van der Waals surface area contributed by atoms with E-state index in [1.165, 1.54) is 5.57 Å². The van der Waals surface area contributed by atoms with Crippen molar-refractivity contribution in [3.05, 3.63) is 35.5 Å². The summed E-state index contributed by atoms with van der Waals surface area (Å²) in [6, 6.07) is 0. The van der Waals surface area contributed by atoms with Crippen LogP contribution in [0.15, 0.2) is 35.5 Å². The first-order valence-corrected chi connectivity index (χ1v) is 3.33. The maximum Gasteiger partial charge on any atom is 0.149 e. The minimum Gasteiger partial charge on any atom is -0.298 e. The van der Waals surface area contributed by atoms with E-state index in [1.54, 1.807) is 0 Å². The number of carbonyl (C=O) groups is 1. The third-order valence-corrected chi connectivity index (χ3v) is 1.47. The van der Waals surface area contributed by atoms with Crippen molar-refractivity contribution in [2.75, 3.05) is 0 Å². The van der Waals surface area contributed by atoms with Crippen LogP contribution in [0.5, 0.6) is 0 Å². The highest BCUT2D eigenvalue weighted by Crippen LogP contribution is 2.07. The van der Waals surface area contributed by atoms with E-state index in [4.69, 9.17) is 0 Å². The zero-order chi connectivity index (χ0) is 7.40. The van der Waals surface area contributed by atoms with Crippen molar-refractivity contribution in [2.24, 2.45) is 0 Å². The highest BCUT2D eigenvalue weighted by atomic mass is 16.1. The predicted octanol–water partition coefficient (Wildman–Crippen LogP) is 2.02. The Balaban J connectivity index is 2.78. The predicted molar refractivity (Wildman–Crippen MR) is 41.7 cm³/mol. The minimum atomic E-state index is 0.771. The van der Waals surface area contributed by atoms with Gasteiger partial charge in [0.05, 0.1) is 0 Å². The molecule has 0 fully saturated rings. The summed E-state index contributed by atoms with van der Waals surface area (Å²) in [5, 5.41) is 0. The maximum absolute atomic E-state index is 10.3. The Hall–Kier alpha value is -1.11. The molecule has 0 aromatic heterocycles. The number of carbonyl (C=O) groups excluding carboxylic acids is 1. The molecule has 1 rings (SSSR count). The van der Waals surface area contributed by atoms with E-state index < -0.39 is 0 Å². The van der Waals surface area contributed by atoms with E-state index in [1.807, 2.05) is 25.2 Å². The molecule has 0 bridgehead atoms. The lowest BCUT2D eigenvalue weighted by Crippen LogP contribution is -1.75. The fourth-order valence-corrected chi connectivity index (χ4v) is 0.832. The summed E-state index contributed by atoms with van der Waals surface area (Å²) < 4.78 is 0. The van der Waals surface area contributed by atoms with Crippen LogP contribution in [0, 0.1) is 0 Å². The molecule has 0 unspecified atom stereocenters. The van der Waals surface area contributed by atoms with Crippen molar-refractivity contribution in [3.63, 3.8) is 0 Å². The van der Waals surface area contributed by atoms with E-state index in [-0.39, 0.29) is 0 Å². The van der Waals surface area contributed by atoms with E-state index in [0.717, 1.165) is 18.3 Å². The van der Waals surface area contributed by atoms with E-state index in [2.05, 4.69) is 6.08 Å². The first kappa shape index (κ1) is 7.00. The number of allylic oxidation sites excluding steroid dienone is 6. The van der Waals surface area contributed by atoms with Crippen LogP contribution in [0.3, 0.4) is 0 Å². The number of aldehydes is 1. The summed E-state index contributed by atoms with van der Waals surface area (Å²) in [7, 11) is 0. The first-order valence-electron chi connectivity index (χ1n) is 3.33. The Labute approximate surface area is 60.7 Å². The average molecular weight is 134 g/mol. The molecule has 0 saturated carbocycles. The summed E-state index contributed by atoms with van der Waals surface area (Å²) in [6.07, 6.45) is 9.54. The third-order valence-electron chi connectivity index (χ3n) is 1.47. The summed E-state index contributed by atoms with van der Waals surface area (Å²) in [6.45, 7) is 2.03. The molecule has 1 nitrogen and oxygen atoms in total. The van der Waals surface area contributed by atoms with Gasteiger partial charge in [-0.05, 0) is 13.3 Å². The van der Waals surface area contributed by atoms with Crippen LogP contribution >= 0.6 is 0 Å². The maximum atomic E-state index is 10.3. The van der Waals surface area contributed by atoms with Gasteiger partial charge in [0.1, 0.15) is 6.29 Å². The SMILES string of the molecule is CC1=CCC=C(C=O)C=C1. The molecule has 1 aliphatic rings. The van der Waals surface area contributed by atoms with Crippen LogP contribution in [0.1, 0.15) is 13.3 Å². The molecule has 0 radical (unpaired) electrons. The monoisotopic (exact) mass is 134 g/mol. The largest absolute Gasteiger partial charge is 0.298 e. The van der Waals surface area contributed by atoms with Gasteiger partial charge in [0, 0.05) is 5.57 Å². The Morgan fingerprint density at radius 3 is 2.90 bits per heavy atom. The van der Waals surface area contributed by atoms with Crippen molar-refractivity contribution < 1.29 is 4.79 Å². The highest BCUT2D eigenvalue weighted by Gasteiger charge is 1.91. The Morgan fingerprint density at radius 1 is 1.40 bits per heavy atom. The Morgan fingerprint density at radius 2 is 2.20 bits per heavy atom. The molecule has 0 aliphatic heterocycles. The average Bonchev–Trinajstić information content (AvgIpc) is 2.14. The molecule has 0 spiro atoms. The lowest BCUT2D eigenvalue weighted by atomic mass is 10.2. The van der Waals surface area contributed by atoms with Crippen molar-refractivity contribution >= 4 is 6.29 Å². The molecule has 0 saturated heterocycles. The highest BCUT2D eigenvalue weighted by molar-refractivity contribution is 5.77. The number of hydrogen-bond acceptors (Lipinski definition) is 1. The number of hydrogen-bond donors (Lipinski definition) is 0. The van der Waals surface area contributed by atoms with E-state index >= 15 is 0 Å². The Kier molecular flexibility index (Phi) is 2.21. The van der Waals surface area contributed by atoms with Gasteiger partial charge in [-0.25, -0.2) is 0 Å². The molecule has 10 heavy (non-hydrogen) atoms. The summed E-state index contributed by atoms with van der Waals surface area (Å²) in [5.41, 5.74) is 1.99. The Bertz CT molecular complexity index is 219. The molecule has 1 heteroatoms. The fraction of sp³-hybridized carbons (Fsp3) is 0.222. The normalized spacial score (nSPS) is 17.3. The molecule has 0 atom stereocenters. The second-order valence-electron chi connectivity index (χ2n) is 2.34. The first-order chi connectivity index (χ1) is 4.83. The van der Waals surface area contributed by atoms with Gasteiger partial charge in [0.15, 0.2) is 0 Å². The van der Waals surface area contributed by atoms with E-state index in [0.29, 0.717) is 0 Å². The van der Waals surface area contributed by atoms with Gasteiger partial charge < -0.3 is 0 Å². The standard InChI is InChI=1S/C9H10O/c1-8-3-2-4-9(7-10)6-5-8/h3-7H,2H2,1H3. The molecule has 0 amide bonds. The molecule has 0 aromatic carbocycles. The molecule has 0 heterocycles. The summed E-state index contributed by atoms with van der Waals surface area (Å²) in [4.78, 5) is 10.3. The van der Waals surface area contributed by atoms with Crippen LogP contribution < -0.4 is 0 Å². The molecule has 52 valence electrons. The van der Waals surface area contributed by atoms with Crippen LogP contribution in [0.4, 0.5) is 0 Å². The van der Waals surface area contributed by atoms with Crippen molar-refractivity contribution in [2.45, 2.75) is 13.3 Å². The van der Waals surface area contributed by atoms with Gasteiger partial charge >= 0.3 is 0 Å². The topological polar surface area (TPSA) is 17.1 Å². The van der Waals surface area contributed by atoms with Crippen LogP contribution in [-0.2, 0) is 4.79 Å². The lowest BCUT2D eigenvalue weighted by molar-refractivity contribution is -0.104. The van der Waals surface area contributed by atoms with Crippen LogP contribution in [-0.4, -0.2) is 6.29 Å². The molecule has 0 aromatic rings. The van der Waals surface area contributed by atoms with Gasteiger partial charge in [0.25, 0.3) is 0 Å². The second kappa shape index (κ2) is 3.16. The van der Waals surface area contributed by atoms with Crippen molar-refractivity contribution in [1.29, 1.82) is 0 Å². The third kappa shape index (κ3) is 1.69. The summed E-state index contributed by atoms with van der Waals surface area (Å²) in [5.74, 6) is 0. The van der Waals surface area contributed by atoms with Gasteiger partial charge in [-0.15, -0.1) is 0 Å². The lowest BCUT2D eigenvalue weighted by Gasteiger charge is -1.83. The number of rotatable bonds is 1. The smallest absolute Gasteiger partial charge is 0.149 e. The van der Waals surface area contributed by atoms with Crippen LogP contribution in [0.2, 0.25) is 0 Å². The zero-order valence-electron chi connectivity index (χ0n) is 6.00. The summed E-state index contributed by atoms with van der Waals surface area (Å²) >= 11 is 0. The molecule has 1 aliphatic carbocycles. The molecular formula is C9H10O. The van der Waals surface area contributed by atoms with Crippen molar-refractivity contribution in [3.8, 4) is 0 Å². The zero-order valence-corrected chi connectivity index (χ0v) is 6.00. The van der Waals surface area contributed by atoms with Gasteiger partial charge in [-0.3, -0.25) is 4.79 Å². The molecule has 0 N–H and O–H groups in total. The van der Waals surface area contributed by atoms with Gasteiger partial charge in [0.2, 0.25) is 0 Å². The van der Waals surface area contributed by atoms with Crippen LogP contribution in [0.25, 0.3) is 0 Å². The minimum absolute atomic E-state index is 0.771. The van der Waals surface area contributed by atoms with Gasteiger partial charge in [-0.1, -0.05) is 29.9 Å². The fourth-order valence-electron chi connectivity index (χ4n) is 0.832. The second-order valence-corrected chi connectivity index (χ2v) is 2.34. The van der Waals surface area contributed by atoms with E-state index in [9.17, 15) is 4.79 Å².